The summed E-state index contributed by atoms with van der Waals surface area (Å²) in [6, 6.07) is 11.6. The number of rotatable bonds is 8. The lowest BCUT2D eigenvalue weighted by atomic mass is 9.76. The van der Waals surface area contributed by atoms with Crippen molar-refractivity contribution in [2.24, 2.45) is 5.92 Å². The fraction of sp³-hybridized carbons (Fsp3) is 0.586. The van der Waals surface area contributed by atoms with Gasteiger partial charge in [0, 0.05) is 0 Å². The molecule has 34 heavy (non-hydrogen) atoms. The summed E-state index contributed by atoms with van der Waals surface area (Å²) in [5, 5.41) is 0. The molecule has 1 atom stereocenters. The number of halogens is 4. The molecule has 0 heterocycles. The first-order valence-corrected chi connectivity index (χ1v) is 13.0. The van der Waals surface area contributed by atoms with Crippen LogP contribution in [0, 0.1) is 11.7 Å². The molecule has 0 radical (unpaired) electrons. The van der Waals surface area contributed by atoms with Crippen molar-refractivity contribution in [1.82, 2.24) is 0 Å². The minimum Gasteiger partial charge on any atom is -0.403 e. The highest BCUT2D eigenvalue weighted by Gasteiger charge is 2.34. The van der Waals surface area contributed by atoms with E-state index in [1.54, 1.807) is 6.07 Å². The third-order valence-electron chi connectivity index (χ3n) is 7.93. The quantitative estimate of drug-likeness (QED) is 0.272. The minimum atomic E-state index is -4.89. The molecule has 1 saturated carbocycles. The zero-order chi connectivity index (χ0) is 24.1. The van der Waals surface area contributed by atoms with E-state index < -0.39 is 17.9 Å². The van der Waals surface area contributed by atoms with Gasteiger partial charge in [0.15, 0.2) is 11.6 Å². The predicted molar refractivity (Wildman–Crippen MR) is 128 cm³/mol. The van der Waals surface area contributed by atoms with E-state index in [1.807, 2.05) is 0 Å². The molecule has 0 amide bonds. The smallest absolute Gasteiger partial charge is 0.403 e. The van der Waals surface area contributed by atoms with Crippen molar-refractivity contribution in [3.8, 4) is 5.75 Å². The maximum Gasteiger partial charge on any atom is 0.573 e. The summed E-state index contributed by atoms with van der Waals surface area (Å²) in [4.78, 5) is 0. The van der Waals surface area contributed by atoms with Gasteiger partial charge in [0.05, 0.1) is 0 Å². The molecule has 2 aromatic carbocycles. The molecule has 0 aromatic heterocycles. The topological polar surface area (TPSA) is 9.23 Å². The maximum atomic E-state index is 14.6. The molecule has 2 aliphatic rings. The van der Waals surface area contributed by atoms with Gasteiger partial charge >= 0.3 is 6.36 Å². The zero-order valence-corrected chi connectivity index (χ0v) is 20.1. The SMILES string of the molecule is CCCCCCC1CCC(c2ccc(C3CCc4c(ccc(OC(F)(F)F)c4F)C3)cc2)CC1. The number of alkyl halides is 3. The molecule has 186 valence electrons. The molecule has 0 spiro atoms. The highest BCUT2D eigenvalue weighted by Crippen LogP contribution is 2.40. The Hall–Kier alpha value is -2.04. The van der Waals surface area contributed by atoms with Gasteiger partial charge in [0.1, 0.15) is 0 Å². The Balaban J connectivity index is 1.33. The molecule has 1 unspecified atom stereocenters. The molecule has 5 heteroatoms. The average molecular weight is 477 g/mol. The lowest BCUT2D eigenvalue weighted by Gasteiger charge is -2.29. The Morgan fingerprint density at radius 1 is 0.824 bits per heavy atom. The van der Waals surface area contributed by atoms with Crippen molar-refractivity contribution >= 4 is 0 Å². The molecule has 2 aliphatic carbocycles. The van der Waals surface area contributed by atoms with E-state index in [0.29, 0.717) is 24.3 Å². The van der Waals surface area contributed by atoms with Crippen molar-refractivity contribution in [2.75, 3.05) is 0 Å². The van der Waals surface area contributed by atoms with Crippen molar-refractivity contribution < 1.29 is 22.3 Å². The van der Waals surface area contributed by atoms with Gasteiger partial charge < -0.3 is 4.74 Å². The molecular weight excluding hydrogens is 440 g/mol. The van der Waals surface area contributed by atoms with Gasteiger partial charge in [-0.25, -0.2) is 4.39 Å². The third-order valence-corrected chi connectivity index (χ3v) is 7.93. The van der Waals surface area contributed by atoms with Gasteiger partial charge in [0.2, 0.25) is 0 Å². The average Bonchev–Trinajstić information content (AvgIpc) is 2.83. The van der Waals surface area contributed by atoms with E-state index in [-0.39, 0.29) is 5.92 Å². The van der Waals surface area contributed by atoms with Crippen LogP contribution < -0.4 is 4.74 Å². The first-order chi connectivity index (χ1) is 16.3. The first kappa shape index (κ1) is 25.1. The van der Waals surface area contributed by atoms with Crippen LogP contribution in [0.5, 0.6) is 5.75 Å². The van der Waals surface area contributed by atoms with Crippen LogP contribution in [0.2, 0.25) is 0 Å². The van der Waals surface area contributed by atoms with Gasteiger partial charge in [-0.1, -0.05) is 69.4 Å². The Bertz CT molecular complexity index is 926. The van der Waals surface area contributed by atoms with Crippen molar-refractivity contribution in [3.63, 3.8) is 0 Å². The lowest BCUT2D eigenvalue weighted by molar-refractivity contribution is -0.275. The summed E-state index contributed by atoms with van der Waals surface area (Å²) in [6.45, 7) is 2.26. The minimum absolute atomic E-state index is 0.259. The monoisotopic (exact) mass is 476 g/mol. The van der Waals surface area contributed by atoms with Crippen LogP contribution in [-0.4, -0.2) is 6.36 Å². The molecule has 4 rings (SSSR count). The summed E-state index contributed by atoms with van der Waals surface area (Å²) < 4.78 is 55.9. The summed E-state index contributed by atoms with van der Waals surface area (Å²) in [5.74, 6) is 0.204. The van der Waals surface area contributed by atoms with Crippen LogP contribution in [0.3, 0.4) is 0 Å². The second-order valence-corrected chi connectivity index (χ2v) is 10.2. The summed E-state index contributed by atoms with van der Waals surface area (Å²) in [7, 11) is 0. The molecular formula is C29H36F4O. The highest BCUT2D eigenvalue weighted by molar-refractivity contribution is 5.41. The van der Waals surface area contributed by atoms with Gasteiger partial charge in [-0.15, -0.1) is 13.2 Å². The molecule has 0 saturated heterocycles. The van der Waals surface area contributed by atoms with Crippen molar-refractivity contribution in [3.05, 3.63) is 64.5 Å². The summed E-state index contributed by atoms with van der Waals surface area (Å²) in [5.41, 5.74) is 3.80. The van der Waals surface area contributed by atoms with Crippen LogP contribution in [-0.2, 0) is 12.8 Å². The third kappa shape index (κ3) is 6.34. The number of ether oxygens (including phenoxy) is 1. The predicted octanol–water partition coefficient (Wildman–Crippen LogP) is 9.24. The Kier molecular flexibility index (Phi) is 8.21. The second-order valence-electron chi connectivity index (χ2n) is 10.2. The van der Waals surface area contributed by atoms with Gasteiger partial charge in [-0.3, -0.25) is 0 Å². The summed E-state index contributed by atoms with van der Waals surface area (Å²) in [6.07, 6.45) is 8.91. The first-order valence-electron chi connectivity index (χ1n) is 13.0. The van der Waals surface area contributed by atoms with Crippen LogP contribution in [0.1, 0.15) is 105 Å². The molecule has 1 nitrogen and oxygen atoms in total. The number of hydrogen-bond donors (Lipinski definition) is 0. The fourth-order valence-electron chi connectivity index (χ4n) is 5.96. The van der Waals surface area contributed by atoms with Gasteiger partial charge in [-0.05, 0) is 91.0 Å². The lowest BCUT2D eigenvalue weighted by Crippen LogP contribution is -2.20. The second kappa shape index (κ2) is 11.1. The molecule has 0 bridgehead atoms. The Morgan fingerprint density at radius 3 is 2.15 bits per heavy atom. The number of fused-ring (bicyclic) bond motifs is 1. The number of hydrogen-bond acceptors (Lipinski definition) is 1. The van der Waals surface area contributed by atoms with Crippen LogP contribution >= 0.6 is 0 Å². The summed E-state index contributed by atoms with van der Waals surface area (Å²) >= 11 is 0. The van der Waals surface area contributed by atoms with E-state index >= 15 is 0 Å². The fourth-order valence-corrected chi connectivity index (χ4v) is 5.96. The van der Waals surface area contributed by atoms with E-state index in [4.69, 9.17) is 0 Å². The van der Waals surface area contributed by atoms with Crippen LogP contribution in [0.4, 0.5) is 17.6 Å². The van der Waals surface area contributed by atoms with Gasteiger partial charge in [0.25, 0.3) is 0 Å². The van der Waals surface area contributed by atoms with Crippen LogP contribution in [0.25, 0.3) is 0 Å². The van der Waals surface area contributed by atoms with E-state index in [9.17, 15) is 17.6 Å². The Labute approximate surface area is 200 Å². The number of unbranched alkanes of at least 4 members (excludes halogenated alkanes) is 3. The highest BCUT2D eigenvalue weighted by atomic mass is 19.4. The molecule has 0 aliphatic heterocycles. The standard InChI is InChI=1S/C29H36F4O/c1-2-3-4-5-6-20-7-9-21(10-8-20)22-11-13-23(14-12-22)24-15-17-26-25(19-24)16-18-27(28(26)30)34-29(31,32)33/h11-14,16,18,20-21,24H,2-10,15,17,19H2,1H3. The molecule has 0 N–H and O–H groups in total. The zero-order valence-electron chi connectivity index (χ0n) is 20.1. The molecule has 1 fully saturated rings. The van der Waals surface area contributed by atoms with E-state index in [0.717, 1.165) is 24.0 Å². The van der Waals surface area contributed by atoms with E-state index in [1.165, 1.54) is 68.9 Å². The van der Waals surface area contributed by atoms with Crippen molar-refractivity contribution in [2.45, 2.75) is 102 Å². The van der Waals surface area contributed by atoms with E-state index in [2.05, 4.69) is 35.9 Å². The molecule has 2 aromatic rings. The van der Waals surface area contributed by atoms with Gasteiger partial charge in [-0.2, -0.15) is 0 Å². The number of benzene rings is 2. The largest absolute Gasteiger partial charge is 0.573 e. The van der Waals surface area contributed by atoms with Crippen LogP contribution in [0.15, 0.2) is 36.4 Å². The maximum absolute atomic E-state index is 14.6. The Morgan fingerprint density at radius 2 is 1.50 bits per heavy atom. The normalized spacial score (nSPS) is 22.9. The van der Waals surface area contributed by atoms with Crippen molar-refractivity contribution in [1.29, 1.82) is 0 Å².